The number of β-amino-alcohol motifs (C(OH)–C–C–N with tert-alkyl or cyclic N) is 1. The molecule has 85 heavy (non-hydrogen) atoms. The number of aliphatic hydroxyl groups is 6. The maximum atomic E-state index is 14.6. The van der Waals surface area contributed by atoms with E-state index < -0.39 is 177 Å². The van der Waals surface area contributed by atoms with Crippen LogP contribution in [-0.2, 0) is 49.4 Å². The summed E-state index contributed by atoms with van der Waals surface area (Å²) in [4.78, 5) is 119. The summed E-state index contributed by atoms with van der Waals surface area (Å²) >= 11 is -0.00462. The van der Waals surface area contributed by atoms with E-state index in [1.165, 1.54) is 31.7 Å². The summed E-state index contributed by atoms with van der Waals surface area (Å²) in [7, 11) is 0. The fraction of sp³-hybridized carbons (Fsp3) is 0.537. The molecule has 12 unspecified atom stereocenters. The maximum absolute atomic E-state index is 14.6. The number of aromatic nitrogens is 1. The van der Waals surface area contributed by atoms with E-state index in [1.807, 2.05) is 0 Å². The average Bonchev–Trinajstić information content (AvgIpc) is 2.62. The number of aliphatic hydroxyl groups excluding tert-OH is 6. The van der Waals surface area contributed by atoms with Crippen molar-refractivity contribution < 1.29 is 127 Å². The van der Waals surface area contributed by atoms with Gasteiger partial charge < -0.3 is 92.0 Å². The summed E-state index contributed by atoms with van der Waals surface area (Å²) in [5, 5.41) is 104. The molecule has 0 aliphatic carbocycles. The molecule has 460 valence electrons. The number of nitrogens with one attached hydrogen (secondary N) is 5. The van der Waals surface area contributed by atoms with E-state index in [2.05, 4.69) is 47.9 Å². The molecule has 13 atom stereocenters. The molecule has 0 saturated carbocycles. The Morgan fingerprint density at radius 3 is 2.16 bits per heavy atom. The van der Waals surface area contributed by atoms with Crippen LogP contribution in [-0.4, -0.2) is 197 Å². The zero-order valence-corrected chi connectivity index (χ0v) is 50.1. The number of rotatable bonds is 21. The molecule has 0 spiro atoms. The molecule has 1 aromatic heterocycles. The Hall–Kier alpha value is -6.26. The third-order valence-electron chi connectivity index (χ3n) is 14.5. The van der Waals surface area contributed by atoms with E-state index >= 15 is 0 Å². The molecule has 6 rings (SSSR count). The molecule has 0 radical (unpaired) electrons. The van der Waals surface area contributed by atoms with Gasteiger partial charge in [-0.3, -0.25) is 48.4 Å². The topological polar surface area (TPSA) is 444 Å². The molecule has 3 fully saturated rings. The number of amides is 8. The predicted molar refractivity (Wildman–Crippen MR) is 291 cm³/mol. The second-order valence-electron chi connectivity index (χ2n) is 21.0. The number of phenols is 1. The number of hydrogen-bond donors (Lipinski definition) is 13. The van der Waals surface area contributed by atoms with Crippen LogP contribution in [0.25, 0.3) is 11.3 Å². The molecule has 3 aliphatic heterocycles. The quantitative estimate of drug-likeness (QED) is 0.0155. The van der Waals surface area contributed by atoms with Crippen molar-refractivity contribution in [2.45, 2.75) is 151 Å². The van der Waals surface area contributed by atoms with Gasteiger partial charge in [0.25, 0.3) is 18.2 Å². The van der Waals surface area contributed by atoms with Crippen LogP contribution in [0, 0.1) is 5.92 Å². The molecule has 31 heteroatoms. The molecule has 4 heterocycles. The Morgan fingerprint density at radius 2 is 1.51 bits per heavy atom. The number of hydrogen-bond acceptors (Lipinski definition) is 22. The van der Waals surface area contributed by atoms with Crippen LogP contribution in [0.3, 0.4) is 0 Å². The summed E-state index contributed by atoms with van der Waals surface area (Å²) in [6.45, 7) is 3.57. The number of carbonyl (C=O) groups excluding carboxylic acids is 8. The van der Waals surface area contributed by atoms with Gasteiger partial charge in [0.05, 0.1) is 60.9 Å². The molecule has 0 bridgehead atoms. The number of phenolic OH excluding ortho intramolecular Hbond substituents is 1. The maximum Gasteiger partial charge on any atom is 1.00 e. The minimum atomic E-state index is -2.22. The Kier molecular flexibility index (Phi) is 27.0. The zero-order chi connectivity index (χ0) is 61.4. The van der Waals surface area contributed by atoms with Gasteiger partial charge in [-0.2, -0.15) is 0 Å². The van der Waals surface area contributed by atoms with Gasteiger partial charge >= 0.3 is 29.6 Å². The average molecular weight is 1220 g/mol. The van der Waals surface area contributed by atoms with Crippen molar-refractivity contribution in [1.82, 2.24) is 41.4 Å². The molecule has 3 saturated heterocycles. The van der Waals surface area contributed by atoms with Crippen LogP contribution in [0.2, 0.25) is 0 Å². The standard InChI is InChI=1S/C54H73N9O20S.Na/c1-4-5-6-7-8-17-80-34-13-10-30(11-14-34)35-15-12-31(23-56-35)48(72)58-36-20-32(65)24-57-52(76)46-47(71)27(2)25-63(46)54(78)45(40(69)22-42(55)70)61-51(75)44(39(68)18-29-9-16-38(67)41(19-29)81-84-83-82-79)60-50(74)37-21-33(66)26-62(37)53(77)43(28(3)64)59-49(36)73;/h9-16,19,23,27-28,32-33,36-37,39-40,43-47,64-69,71,79H,4-8,17-18,20-22,24-26H2,1-3H3,(H2,55,70)(H,57,76)(H,58,72)(H,59,73)(H,60,74)(H,61,75);/q;+1/p-1/t27?,28?,32?,33?,36-,37?,39?,40?,43?,44?,45?,46?,47?;/m0./s1. The minimum absolute atomic E-state index is 0. The predicted octanol–water partition coefficient (Wildman–Crippen LogP) is -6.20. The molecule has 3 aliphatic rings. The first-order chi connectivity index (χ1) is 40.0. The summed E-state index contributed by atoms with van der Waals surface area (Å²) in [6.07, 6.45) is -6.97. The molecule has 29 nitrogen and oxygen atoms in total. The smallest absolute Gasteiger partial charge is 0.691 e. The first kappa shape index (κ1) is 69.5. The number of aromatic hydroxyl groups is 1. The van der Waals surface area contributed by atoms with Crippen molar-refractivity contribution >= 4 is 59.6 Å². The fourth-order valence-electron chi connectivity index (χ4n) is 9.97. The molecule has 8 amide bonds. The van der Waals surface area contributed by atoms with Gasteiger partial charge in [-0.05, 0) is 67.4 Å². The summed E-state index contributed by atoms with van der Waals surface area (Å²) in [6, 6.07) is 1.91. The fourth-order valence-corrected chi connectivity index (χ4v) is 10.2. The second-order valence-corrected chi connectivity index (χ2v) is 21.4. The zero-order valence-electron chi connectivity index (χ0n) is 47.2. The third kappa shape index (κ3) is 19.1. The summed E-state index contributed by atoms with van der Waals surface area (Å²) < 4.78 is 15.0. The van der Waals surface area contributed by atoms with Gasteiger partial charge in [0.15, 0.2) is 11.5 Å². The normalized spacial score (nSPS) is 25.5. The number of primary amides is 1. The molecular weight excluding hydrogens is 1150 g/mol. The van der Waals surface area contributed by atoms with E-state index in [4.69, 9.17) is 14.7 Å². The number of nitrogens with zero attached hydrogens (tertiary/aromatic N) is 3. The Bertz CT molecular complexity index is 2770. The van der Waals surface area contributed by atoms with Gasteiger partial charge in [-0.1, -0.05) is 45.6 Å². The van der Waals surface area contributed by atoms with Crippen molar-refractivity contribution in [1.29, 1.82) is 0 Å². The van der Waals surface area contributed by atoms with Crippen molar-refractivity contribution in [3.8, 4) is 28.5 Å². The molecular formula is C54H72N9NaO20S. The summed E-state index contributed by atoms with van der Waals surface area (Å²) in [5.41, 5.74) is 6.56. The van der Waals surface area contributed by atoms with Crippen LogP contribution in [0.15, 0.2) is 60.8 Å². The van der Waals surface area contributed by atoms with Crippen LogP contribution in [0.4, 0.5) is 0 Å². The molecule has 2 aromatic carbocycles. The molecule has 14 N–H and O–H groups in total. The number of ether oxygens (including phenoxy) is 1. The number of benzene rings is 2. The van der Waals surface area contributed by atoms with Gasteiger partial charge in [-0.15, -0.1) is 4.33 Å². The van der Waals surface area contributed by atoms with Crippen molar-refractivity contribution in [2.24, 2.45) is 11.7 Å². The van der Waals surface area contributed by atoms with Crippen LogP contribution < -0.4 is 76.1 Å². The number of fused-ring (bicyclic) bond motifs is 2. The van der Waals surface area contributed by atoms with Gasteiger partial charge in [0, 0.05) is 56.6 Å². The van der Waals surface area contributed by atoms with E-state index in [9.17, 15) is 79.4 Å². The number of unbranched alkanes of at least 4 members (excludes halogenated alkanes) is 4. The van der Waals surface area contributed by atoms with Gasteiger partial charge in [-0.25, -0.2) is 0 Å². The Labute approximate surface area is 515 Å². The van der Waals surface area contributed by atoms with Crippen LogP contribution in [0.1, 0.15) is 88.1 Å². The van der Waals surface area contributed by atoms with E-state index in [0.29, 0.717) is 23.6 Å². The van der Waals surface area contributed by atoms with Crippen LogP contribution >= 0.6 is 12.3 Å². The monoisotopic (exact) mass is 1220 g/mol. The number of nitrogens with two attached hydrogens (primary N) is 1. The van der Waals surface area contributed by atoms with Gasteiger partial charge in [0.2, 0.25) is 41.4 Å². The Balaban J connectivity index is 0.0000132. The molecule has 3 aromatic rings. The van der Waals surface area contributed by atoms with E-state index in [1.54, 1.807) is 30.3 Å². The third-order valence-corrected chi connectivity index (χ3v) is 14.9. The van der Waals surface area contributed by atoms with E-state index in [-0.39, 0.29) is 58.8 Å². The van der Waals surface area contributed by atoms with Crippen molar-refractivity contribution in [2.75, 3.05) is 26.2 Å². The summed E-state index contributed by atoms with van der Waals surface area (Å²) in [5.74, 6) is -10.5. The first-order valence-electron chi connectivity index (χ1n) is 27.3. The first-order valence-corrected chi connectivity index (χ1v) is 28.0. The number of carbonyl (C=O) groups is 8. The largest absolute Gasteiger partial charge is 1.00 e. The SMILES string of the molecule is CCCCCCCOc1ccc(-c2ccc(C(=O)N[C@H]3CC(O)CNC(=O)C4C(O)C(C)CN4C(=O)C(C(O)CC(N)=O)NC(=O)C(C(O)Cc4ccc(O)c(OSOO[O-])c4)NC(=O)C4CC(O)CN4C(=O)C(C(C)O)NC3=O)cn2)cc1.[Na+]. The van der Waals surface area contributed by atoms with Crippen LogP contribution in [0.5, 0.6) is 17.2 Å². The second kappa shape index (κ2) is 33.0. The van der Waals surface area contributed by atoms with Crippen molar-refractivity contribution in [3.63, 3.8) is 0 Å². The van der Waals surface area contributed by atoms with E-state index in [0.717, 1.165) is 54.5 Å². The van der Waals surface area contributed by atoms with Crippen molar-refractivity contribution in [3.05, 3.63) is 71.9 Å². The minimum Gasteiger partial charge on any atom is -0.691 e. The van der Waals surface area contributed by atoms with Gasteiger partial charge in [0.1, 0.15) is 42.0 Å². The number of pyridine rings is 1. The Morgan fingerprint density at radius 1 is 0.824 bits per heavy atom.